The molecule has 3 saturated carbocycles. The number of carbonyl (C=O) groups excluding carboxylic acids is 3. The van der Waals surface area contributed by atoms with Gasteiger partial charge in [-0.15, -0.1) is 0 Å². The molecular formula is C23H32O9. The first kappa shape index (κ1) is 22.3. The van der Waals surface area contributed by atoms with Gasteiger partial charge in [-0.3, -0.25) is 14.4 Å². The molecule has 5 aliphatic rings. The van der Waals surface area contributed by atoms with Crippen molar-refractivity contribution in [3.05, 3.63) is 0 Å². The standard InChI is InChI=1S/C23H32O9/c1-10(24)31-14-6-15-23(9-30-19(27)17(23)21(14,2)3)16-13(25)5-11-7-22(16,20(28)32-15)18(26)12(11)8-29-4/h11-17,19,25,27H,5-9H2,1-4H3/t11-,12+,13-,14-,15-,16+,17-,19+,22+,23+/m0/s1. The van der Waals surface area contributed by atoms with Crippen LogP contribution in [0.4, 0.5) is 0 Å². The Bertz CT molecular complexity index is 854. The molecule has 9 heteroatoms. The summed E-state index contributed by atoms with van der Waals surface area (Å²) < 4.78 is 22.6. The lowest BCUT2D eigenvalue weighted by atomic mass is 9.43. The molecule has 2 heterocycles. The predicted molar refractivity (Wildman–Crippen MR) is 107 cm³/mol. The zero-order valence-electron chi connectivity index (χ0n) is 18.9. The van der Waals surface area contributed by atoms with E-state index in [9.17, 15) is 24.6 Å². The number of fused-ring (bicyclic) bond motifs is 1. The Morgan fingerprint density at radius 3 is 2.56 bits per heavy atom. The summed E-state index contributed by atoms with van der Waals surface area (Å²) in [6.45, 7) is 5.36. The number of hydrogen-bond acceptors (Lipinski definition) is 9. The summed E-state index contributed by atoms with van der Waals surface area (Å²) >= 11 is 0. The minimum Gasteiger partial charge on any atom is -0.462 e. The molecule has 9 nitrogen and oxygen atoms in total. The molecule has 178 valence electrons. The van der Waals surface area contributed by atoms with Crippen molar-refractivity contribution < 1.29 is 43.5 Å². The van der Waals surface area contributed by atoms with Crippen molar-refractivity contribution in [1.82, 2.24) is 0 Å². The Labute approximate surface area is 186 Å². The van der Waals surface area contributed by atoms with Crippen LogP contribution in [0.2, 0.25) is 0 Å². The fraction of sp³-hybridized carbons (Fsp3) is 0.870. The van der Waals surface area contributed by atoms with E-state index in [0.717, 1.165) is 0 Å². The van der Waals surface area contributed by atoms with Gasteiger partial charge in [0, 0.05) is 49.0 Å². The highest BCUT2D eigenvalue weighted by atomic mass is 16.6. The number of hydrogen-bond donors (Lipinski definition) is 2. The molecule has 2 N–H and O–H groups in total. The minimum atomic E-state index is -1.47. The lowest BCUT2D eigenvalue weighted by Gasteiger charge is -2.63. The second-order valence-corrected chi connectivity index (χ2v) is 11.0. The first-order valence-corrected chi connectivity index (χ1v) is 11.4. The molecular weight excluding hydrogens is 420 g/mol. The van der Waals surface area contributed by atoms with Crippen LogP contribution in [-0.4, -0.2) is 72.9 Å². The summed E-state index contributed by atoms with van der Waals surface area (Å²) in [5.41, 5.74) is -3.18. The zero-order chi connectivity index (χ0) is 23.2. The van der Waals surface area contributed by atoms with Crippen LogP contribution < -0.4 is 0 Å². The van der Waals surface area contributed by atoms with Gasteiger partial charge < -0.3 is 29.2 Å². The van der Waals surface area contributed by atoms with Gasteiger partial charge >= 0.3 is 11.9 Å². The Morgan fingerprint density at radius 2 is 1.91 bits per heavy atom. The van der Waals surface area contributed by atoms with Crippen LogP contribution in [0.1, 0.15) is 40.0 Å². The molecule has 5 rings (SSSR count). The summed E-state index contributed by atoms with van der Waals surface area (Å²) in [7, 11) is 1.52. The number of aliphatic hydroxyl groups is 2. The summed E-state index contributed by atoms with van der Waals surface area (Å²) in [5.74, 6) is -3.30. The largest absolute Gasteiger partial charge is 0.462 e. The second-order valence-electron chi connectivity index (χ2n) is 11.0. The van der Waals surface area contributed by atoms with Crippen molar-refractivity contribution in [3.8, 4) is 0 Å². The van der Waals surface area contributed by atoms with Gasteiger partial charge in [0.05, 0.1) is 19.3 Å². The van der Waals surface area contributed by atoms with Crippen LogP contribution in [0.15, 0.2) is 0 Å². The molecule has 2 aliphatic heterocycles. The van der Waals surface area contributed by atoms with E-state index >= 15 is 0 Å². The molecule has 0 unspecified atom stereocenters. The van der Waals surface area contributed by atoms with E-state index in [1.807, 2.05) is 13.8 Å². The van der Waals surface area contributed by atoms with E-state index in [-0.39, 0.29) is 31.3 Å². The third-order valence-corrected chi connectivity index (χ3v) is 9.26. The number of ether oxygens (including phenoxy) is 4. The third-order valence-electron chi connectivity index (χ3n) is 9.26. The average molecular weight is 453 g/mol. The van der Waals surface area contributed by atoms with Crippen molar-refractivity contribution in [2.75, 3.05) is 20.3 Å². The summed E-state index contributed by atoms with van der Waals surface area (Å²) in [5, 5.41) is 22.4. The normalized spacial score (nSPS) is 50.8. The topological polar surface area (TPSA) is 129 Å². The lowest BCUT2D eigenvalue weighted by molar-refractivity contribution is -0.269. The number of ketones is 1. The molecule has 0 aromatic rings. The van der Waals surface area contributed by atoms with Gasteiger partial charge in [0.2, 0.25) is 0 Å². The molecule has 0 radical (unpaired) electrons. The zero-order valence-corrected chi connectivity index (χ0v) is 18.9. The number of carbonyl (C=O) groups is 3. The second kappa shape index (κ2) is 6.98. The predicted octanol–water partition coefficient (Wildman–Crippen LogP) is 0.443. The Hall–Kier alpha value is -1.55. The fourth-order valence-corrected chi connectivity index (χ4v) is 8.25. The Morgan fingerprint density at radius 1 is 1.19 bits per heavy atom. The van der Waals surface area contributed by atoms with Crippen LogP contribution in [0.25, 0.3) is 0 Å². The molecule has 2 spiro atoms. The van der Waals surface area contributed by atoms with Crippen LogP contribution in [0.3, 0.4) is 0 Å². The van der Waals surface area contributed by atoms with Gasteiger partial charge in [-0.2, -0.15) is 0 Å². The van der Waals surface area contributed by atoms with Crippen molar-refractivity contribution in [1.29, 1.82) is 0 Å². The average Bonchev–Trinajstić information content (AvgIpc) is 3.15. The van der Waals surface area contributed by atoms with Gasteiger partial charge in [-0.25, -0.2) is 0 Å². The molecule has 10 atom stereocenters. The van der Waals surface area contributed by atoms with E-state index in [1.165, 1.54) is 14.0 Å². The minimum absolute atomic E-state index is 0.0589. The monoisotopic (exact) mass is 452 g/mol. The fourth-order valence-electron chi connectivity index (χ4n) is 8.25. The van der Waals surface area contributed by atoms with Crippen LogP contribution in [0, 0.1) is 39.9 Å². The van der Waals surface area contributed by atoms with Crippen LogP contribution in [0.5, 0.6) is 0 Å². The molecule has 32 heavy (non-hydrogen) atoms. The number of rotatable bonds is 3. The lowest BCUT2D eigenvalue weighted by Crippen LogP contribution is -2.73. The number of methoxy groups -OCH3 is 1. The Kier molecular flexibility index (Phi) is 4.85. The maximum Gasteiger partial charge on any atom is 0.320 e. The summed E-state index contributed by atoms with van der Waals surface area (Å²) in [6.07, 6.45) is -2.57. The number of Topliss-reactive ketones (excluding diaryl/α,β-unsaturated/α-hetero) is 1. The molecule has 0 aromatic heterocycles. The van der Waals surface area contributed by atoms with E-state index in [0.29, 0.717) is 12.8 Å². The van der Waals surface area contributed by atoms with Gasteiger partial charge in [-0.1, -0.05) is 13.8 Å². The van der Waals surface area contributed by atoms with Gasteiger partial charge in [-0.05, 0) is 18.8 Å². The molecule has 2 saturated heterocycles. The van der Waals surface area contributed by atoms with Gasteiger partial charge in [0.1, 0.15) is 17.6 Å². The van der Waals surface area contributed by atoms with Crippen LogP contribution in [-0.2, 0) is 33.3 Å². The molecule has 2 bridgehead atoms. The van der Waals surface area contributed by atoms with Crippen LogP contribution >= 0.6 is 0 Å². The third kappa shape index (κ3) is 2.51. The van der Waals surface area contributed by atoms with Crippen molar-refractivity contribution in [2.24, 2.45) is 39.9 Å². The van der Waals surface area contributed by atoms with Crippen molar-refractivity contribution in [2.45, 2.75) is 64.6 Å². The quantitative estimate of drug-likeness (QED) is 0.463. The Balaban J connectivity index is 1.66. The maximum absolute atomic E-state index is 13.7. The molecule has 3 aliphatic carbocycles. The van der Waals surface area contributed by atoms with Crippen molar-refractivity contribution >= 4 is 17.7 Å². The van der Waals surface area contributed by atoms with Gasteiger partial charge in [0.15, 0.2) is 12.1 Å². The first-order valence-electron chi connectivity index (χ1n) is 11.4. The van der Waals surface area contributed by atoms with E-state index in [2.05, 4.69) is 0 Å². The number of aliphatic hydroxyl groups excluding tert-OH is 2. The number of esters is 2. The van der Waals surface area contributed by atoms with E-state index in [1.54, 1.807) is 0 Å². The highest BCUT2D eigenvalue weighted by Crippen LogP contribution is 2.71. The maximum atomic E-state index is 13.7. The smallest absolute Gasteiger partial charge is 0.320 e. The molecule has 0 aromatic carbocycles. The van der Waals surface area contributed by atoms with Gasteiger partial charge in [0.25, 0.3) is 0 Å². The highest BCUT2D eigenvalue weighted by Gasteiger charge is 2.81. The highest BCUT2D eigenvalue weighted by molar-refractivity contribution is 6.08. The van der Waals surface area contributed by atoms with Crippen molar-refractivity contribution in [3.63, 3.8) is 0 Å². The SMILES string of the molecule is COC[C@H]1C(=O)[C@@]23C[C@@H]1C[C@H](O)[C@H]2[C@]12CO[C@@H](O)[C@H]1C(C)(C)[C@@H](OC(C)=O)C[C@@H]2OC3=O. The molecule has 5 fully saturated rings. The summed E-state index contributed by atoms with van der Waals surface area (Å²) in [4.78, 5) is 39.1. The first-order chi connectivity index (χ1) is 15.0. The summed E-state index contributed by atoms with van der Waals surface area (Å²) in [6, 6.07) is 0. The van der Waals surface area contributed by atoms with E-state index in [4.69, 9.17) is 18.9 Å². The molecule has 0 amide bonds. The van der Waals surface area contributed by atoms with E-state index < -0.39 is 70.5 Å².